The molecule has 3 nitrogen and oxygen atoms in total. The Kier molecular flexibility index (Phi) is 4.03. The van der Waals surface area contributed by atoms with E-state index in [2.05, 4.69) is 36.6 Å². The molecule has 1 aromatic rings. The number of anilines is 1. The summed E-state index contributed by atoms with van der Waals surface area (Å²) < 4.78 is 0. The summed E-state index contributed by atoms with van der Waals surface area (Å²) in [4.78, 5) is 12.7. The van der Waals surface area contributed by atoms with Gasteiger partial charge in [0.15, 0.2) is 0 Å². The first-order valence-electron chi connectivity index (χ1n) is 8.20. The molecule has 3 rings (SSSR count). The molecule has 1 aliphatic carbocycles. The zero-order valence-corrected chi connectivity index (χ0v) is 13.2. The molecule has 1 fully saturated rings. The standard InChI is InChI=1S/C18H26N2O/c1-18(2)10-4-3-7-15(18)17(21)20-16-8-5-6-13-12-19-11-9-14(13)16/h5-6,8,15,19H,3-4,7,9-12H2,1-2H3,(H,20,21). The van der Waals surface area contributed by atoms with Gasteiger partial charge in [-0.1, -0.05) is 38.8 Å². The van der Waals surface area contributed by atoms with E-state index in [1.165, 1.54) is 24.0 Å². The summed E-state index contributed by atoms with van der Waals surface area (Å²) in [5.41, 5.74) is 3.79. The summed E-state index contributed by atoms with van der Waals surface area (Å²) >= 11 is 0. The van der Waals surface area contributed by atoms with Gasteiger partial charge in [0.1, 0.15) is 0 Å². The molecule has 1 amide bonds. The second kappa shape index (κ2) is 5.80. The third-order valence-electron chi connectivity index (χ3n) is 5.22. The van der Waals surface area contributed by atoms with Gasteiger partial charge in [0, 0.05) is 18.2 Å². The molecular formula is C18H26N2O. The Labute approximate surface area is 127 Å². The van der Waals surface area contributed by atoms with Gasteiger partial charge in [0.2, 0.25) is 5.91 Å². The molecule has 1 unspecified atom stereocenters. The van der Waals surface area contributed by atoms with Crippen molar-refractivity contribution in [1.82, 2.24) is 5.32 Å². The van der Waals surface area contributed by atoms with E-state index in [9.17, 15) is 4.79 Å². The minimum atomic E-state index is 0.124. The van der Waals surface area contributed by atoms with E-state index < -0.39 is 0 Å². The molecule has 0 saturated heterocycles. The number of carbonyl (C=O) groups is 1. The van der Waals surface area contributed by atoms with Crippen molar-refractivity contribution in [3.8, 4) is 0 Å². The molecule has 1 heterocycles. The normalized spacial score (nSPS) is 24.2. The van der Waals surface area contributed by atoms with Crippen LogP contribution in [0.1, 0.15) is 50.7 Å². The number of nitrogens with one attached hydrogen (secondary N) is 2. The van der Waals surface area contributed by atoms with Gasteiger partial charge in [-0.2, -0.15) is 0 Å². The maximum absolute atomic E-state index is 12.7. The van der Waals surface area contributed by atoms with Crippen LogP contribution in [0.3, 0.4) is 0 Å². The van der Waals surface area contributed by atoms with Crippen LogP contribution in [-0.2, 0) is 17.8 Å². The van der Waals surface area contributed by atoms with Crippen LogP contribution in [0.5, 0.6) is 0 Å². The molecule has 3 heteroatoms. The van der Waals surface area contributed by atoms with E-state index in [0.29, 0.717) is 0 Å². The number of amides is 1. The lowest BCUT2D eigenvalue weighted by Crippen LogP contribution is -2.37. The molecule has 1 aliphatic heterocycles. The van der Waals surface area contributed by atoms with Crippen LogP contribution in [-0.4, -0.2) is 12.5 Å². The second-order valence-electron chi connectivity index (χ2n) is 7.15. The van der Waals surface area contributed by atoms with Gasteiger partial charge in [-0.25, -0.2) is 0 Å². The van der Waals surface area contributed by atoms with Crippen LogP contribution >= 0.6 is 0 Å². The fraction of sp³-hybridized carbons (Fsp3) is 0.611. The molecular weight excluding hydrogens is 260 g/mol. The van der Waals surface area contributed by atoms with Gasteiger partial charge in [-0.05, 0) is 48.4 Å². The highest BCUT2D eigenvalue weighted by Crippen LogP contribution is 2.41. The number of fused-ring (bicyclic) bond motifs is 1. The van der Waals surface area contributed by atoms with E-state index in [4.69, 9.17) is 0 Å². The number of hydrogen-bond acceptors (Lipinski definition) is 2. The average molecular weight is 286 g/mol. The van der Waals surface area contributed by atoms with Crippen molar-refractivity contribution in [1.29, 1.82) is 0 Å². The molecule has 2 N–H and O–H groups in total. The lowest BCUT2D eigenvalue weighted by Gasteiger charge is -2.37. The van der Waals surface area contributed by atoms with Gasteiger partial charge < -0.3 is 10.6 Å². The van der Waals surface area contributed by atoms with Crippen molar-refractivity contribution in [3.63, 3.8) is 0 Å². The minimum absolute atomic E-state index is 0.124. The zero-order chi connectivity index (χ0) is 14.9. The van der Waals surface area contributed by atoms with E-state index in [0.717, 1.165) is 38.0 Å². The first-order chi connectivity index (χ1) is 10.1. The predicted molar refractivity (Wildman–Crippen MR) is 86.2 cm³/mol. The van der Waals surface area contributed by atoms with Crippen molar-refractivity contribution in [2.24, 2.45) is 11.3 Å². The molecule has 1 aromatic carbocycles. The van der Waals surface area contributed by atoms with Crippen LogP contribution in [0.4, 0.5) is 5.69 Å². The molecule has 0 radical (unpaired) electrons. The first-order valence-corrected chi connectivity index (χ1v) is 8.20. The summed E-state index contributed by atoms with van der Waals surface area (Å²) in [5.74, 6) is 0.357. The van der Waals surface area contributed by atoms with Gasteiger partial charge >= 0.3 is 0 Å². The second-order valence-corrected chi connectivity index (χ2v) is 7.15. The van der Waals surface area contributed by atoms with Crippen LogP contribution in [0.25, 0.3) is 0 Å². The van der Waals surface area contributed by atoms with Gasteiger partial charge in [-0.15, -0.1) is 0 Å². The molecule has 0 spiro atoms. The van der Waals surface area contributed by atoms with Crippen molar-refractivity contribution in [2.45, 2.75) is 52.5 Å². The molecule has 1 atom stereocenters. The maximum atomic E-state index is 12.7. The average Bonchev–Trinajstić information content (AvgIpc) is 2.47. The Balaban J connectivity index is 1.79. The van der Waals surface area contributed by atoms with Gasteiger partial charge in [0.05, 0.1) is 0 Å². The van der Waals surface area contributed by atoms with Crippen LogP contribution in [0.15, 0.2) is 18.2 Å². The summed E-state index contributed by atoms with van der Waals surface area (Å²) in [5, 5.41) is 6.61. The highest BCUT2D eigenvalue weighted by Gasteiger charge is 2.37. The molecule has 0 bridgehead atoms. The van der Waals surface area contributed by atoms with Gasteiger partial charge in [-0.3, -0.25) is 4.79 Å². The fourth-order valence-corrected chi connectivity index (χ4v) is 3.85. The Morgan fingerprint density at radius 1 is 1.33 bits per heavy atom. The number of rotatable bonds is 2. The summed E-state index contributed by atoms with van der Waals surface area (Å²) in [6.45, 7) is 6.38. The van der Waals surface area contributed by atoms with Crippen molar-refractivity contribution < 1.29 is 4.79 Å². The van der Waals surface area contributed by atoms with Crippen molar-refractivity contribution in [2.75, 3.05) is 11.9 Å². The largest absolute Gasteiger partial charge is 0.326 e. The Hall–Kier alpha value is -1.35. The quantitative estimate of drug-likeness (QED) is 0.874. The van der Waals surface area contributed by atoms with E-state index in [1.807, 2.05) is 6.07 Å². The van der Waals surface area contributed by atoms with Crippen molar-refractivity contribution >= 4 is 11.6 Å². The summed E-state index contributed by atoms with van der Waals surface area (Å²) in [6.07, 6.45) is 5.61. The monoisotopic (exact) mass is 286 g/mol. The number of hydrogen-bond donors (Lipinski definition) is 2. The van der Waals surface area contributed by atoms with Crippen molar-refractivity contribution in [3.05, 3.63) is 29.3 Å². The lowest BCUT2D eigenvalue weighted by molar-refractivity contribution is -0.124. The van der Waals surface area contributed by atoms with Gasteiger partial charge in [0.25, 0.3) is 0 Å². The van der Waals surface area contributed by atoms with E-state index in [-0.39, 0.29) is 17.2 Å². The number of benzene rings is 1. The highest BCUT2D eigenvalue weighted by molar-refractivity contribution is 5.94. The fourth-order valence-electron chi connectivity index (χ4n) is 3.85. The SMILES string of the molecule is CC1(C)CCCCC1C(=O)Nc1cccc2c1CCNC2. The Bertz CT molecular complexity index is 536. The van der Waals surface area contributed by atoms with Crippen LogP contribution < -0.4 is 10.6 Å². The van der Waals surface area contributed by atoms with E-state index >= 15 is 0 Å². The molecule has 2 aliphatic rings. The highest BCUT2D eigenvalue weighted by atomic mass is 16.1. The zero-order valence-electron chi connectivity index (χ0n) is 13.2. The minimum Gasteiger partial charge on any atom is -0.326 e. The Morgan fingerprint density at radius 2 is 2.19 bits per heavy atom. The third-order valence-corrected chi connectivity index (χ3v) is 5.22. The lowest BCUT2D eigenvalue weighted by atomic mass is 9.68. The van der Waals surface area contributed by atoms with Crippen LogP contribution in [0, 0.1) is 11.3 Å². The first kappa shape index (κ1) is 14.6. The topological polar surface area (TPSA) is 41.1 Å². The molecule has 114 valence electrons. The number of carbonyl (C=O) groups excluding carboxylic acids is 1. The smallest absolute Gasteiger partial charge is 0.228 e. The molecule has 1 saturated carbocycles. The predicted octanol–water partition coefficient (Wildman–Crippen LogP) is 3.49. The molecule has 0 aromatic heterocycles. The summed E-state index contributed by atoms with van der Waals surface area (Å²) in [6, 6.07) is 6.26. The van der Waals surface area contributed by atoms with E-state index in [1.54, 1.807) is 0 Å². The molecule has 21 heavy (non-hydrogen) atoms. The Morgan fingerprint density at radius 3 is 3.00 bits per heavy atom. The van der Waals surface area contributed by atoms with Crippen LogP contribution in [0.2, 0.25) is 0 Å². The summed E-state index contributed by atoms with van der Waals surface area (Å²) in [7, 11) is 0. The maximum Gasteiger partial charge on any atom is 0.228 e. The third kappa shape index (κ3) is 2.98.